The highest BCUT2D eigenvalue weighted by atomic mass is 19.4. The normalized spacial score (nSPS) is 20.4. The average Bonchev–Trinajstić information content (AvgIpc) is 2.43. The smallest absolute Gasteiger partial charge is 0.355 e. The third-order valence-electron chi connectivity index (χ3n) is 5.22. The van der Waals surface area contributed by atoms with E-state index in [-0.39, 0.29) is 11.1 Å². The zero-order valence-electron chi connectivity index (χ0n) is 13.2. The fraction of sp³-hybridized carbons (Fsp3) is 0.500. The minimum absolute atomic E-state index is 0.261. The van der Waals surface area contributed by atoms with Gasteiger partial charge < -0.3 is 10.6 Å². The highest BCUT2D eigenvalue weighted by molar-refractivity contribution is 5.56. The predicted molar refractivity (Wildman–Crippen MR) is 82.9 cm³/mol. The molecule has 134 valence electrons. The van der Waals surface area contributed by atoms with E-state index < -0.39 is 29.2 Å². The summed E-state index contributed by atoms with van der Waals surface area (Å²) in [5.74, 6) is -0.666. The lowest BCUT2D eigenvalue weighted by Gasteiger charge is -2.56. The topological polar surface area (TPSA) is 63.6 Å². The summed E-state index contributed by atoms with van der Waals surface area (Å²) in [5.41, 5.74) is 4.06. The summed E-state index contributed by atoms with van der Waals surface area (Å²) in [6, 6.07) is -0.511. The van der Waals surface area contributed by atoms with Gasteiger partial charge >= 0.3 is 6.18 Å². The molecule has 1 spiro atoms. The van der Waals surface area contributed by atoms with E-state index in [1.165, 1.54) is 12.5 Å². The van der Waals surface area contributed by atoms with Crippen molar-refractivity contribution in [2.45, 2.75) is 31.5 Å². The first-order valence-electron chi connectivity index (χ1n) is 7.99. The van der Waals surface area contributed by atoms with Crippen LogP contribution in [0.1, 0.15) is 30.9 Å². The molecule has 1 unspecified atom stereocenters. The van der Waals surface area contributed by atoms with Crippen molar-refractivity contribution in [2.75, 3.05) is 18.0 Å². The van der Waals surface area contributed by atoms with Crippen molar-refractivity contribution in [3.63, 3.8) is 0 Å². The van der Waals surface area contributed by atoms with Crippen LogP contribution in [0.15, 0.2) is 23.1 Å². The zero-order chi connectivity index (χ0) is 18.0. The van der Waals surface area contributed by atoms with Gasteiger partial charge in [-0.3, -0.25) is 9.20 Å². The largest absolute Gasteiger partial charge is 0.407 e. The second-order valence-electron chi connectivity index (χ2n) is 6.99. The molecule has 1 aliphatic heterocycles. The van der Waals surface area contributed by atoms with Gasteiger partial charge in [0.15, 0.2) is 0 Å². The molecule has 0 amide bonds. The summed E-state index contributed by atoms with van der Waals surface area (Å²) in [4.78, 5) is 18.3. The van der Waals surface area contributed by atoms with E-state index in [2.05, 4.69) is 4.98 Å². The lowest BCUT2D eigenvalue weighted by Crippen LogP contribution is -2.60. The number of alkyl halides is 3. The third-order valence-corrected chi connectivity index (χ3v) is 5.22. The molecule has 3 heterocycles. The van der Waals surface area contributed by atoms with Gasteiger partial charge in [-0.1, -0.05) is 6.42 Å². The van der Waals surface area contributed by atoms with E-state index in [1.807, 2.05) is 4.90 Å². The Bertz CT molecular complexity index is 895. The Labute approximate surface area is 140 Å². The summed E-state index contributed by atoms with van der Waals surface area (Å²) in [7, 11) is 0. The van der Waals surface area contributed by atoms with Crippen molar-refractivity contribution in [1.82, 2.24) is 9.38 Å². The molecule has 0 bridgehead atoms. The molecule has 1 saturated carbocycles. The van der Waals surface area contributed by atoms with Gasteiger partial charge in [-0.2, -0.15) is 13.2 Å². The van der Waals surface area contributed by atoms with Crippen molar-refractivity contribution in [3.8, 4) is 0 Å². The van der Waals surface area contributed by atoms with E-state index in [1.54, 1.807) is 0 Å². The Morgan fingerprint density at radius 1 is 1.24 bits per heavy atom. The number of hydrogen-bond donors (Lipinski definition) is 1. The van der Waals surface area contributed by atoms with Crippen LogP contribution in [0.25, 0.3) is 5.65 Å². The summed E-state index contributed by atoms with van der Waals surface area (Å²) >= 11 is 0. The molecule has 0 radical (unpaired) electrons. The lowest BCUT2D eigenvalue weighted by atomic mass is 9.63. The standard InChI is InChI=1S/C16H16F4N4O/c17-9-4-10(13(21)16(18,19)20)14-22-11(5-12(25)24(14)6-9)23-7-15(8-23)2-1-3-15/h4-6,13H,1-3,7-8,21H2. The Kier molecular flexibility index (Phi) is 3.37. The van der Waals surface area contributed by atoms with Gasteiger partial charge in [0.05, 0.1) is 0 Å². The minimum Gasteiger partial charge on any atom is -0.355 e. The SMILES string of the molecule is NC(c1cc(F)cn2c(=O)cc(N3CC4(CCC4)C3)nc12)C(F)(F)F. The molecule has 0 aromatic carbocycles. The lowest BCUT2D eigenvalue weighted by molar-refractivity contribution is -0.149. The van der Waals surface area contributed by atoms with Crippen molar-refractivity contribution in [3.05, 3.63) is 40.1 Å². The number of nitrogens with two attached hydrogens (primary N) is 1. The second kappa shape index (κ2) is 5.17. The van der Waals surface area contributed by atoms with E-state index in [0.717, 1.165) is 36.5 Å². The first-order chi connectivity index (χ1) is 11.7. The second-order valence-corrected chi connectivity index (χ2v) is 6.99. The summed E-state index contributed by atoms with van der Waals surface area (Å²) in [6.45, 7) is 1.47. The van der Waals surface area contributed by atoms with Crippen LogP contribution in [-0.2, 0) is 0 Å². The molecule has 25 heavy (non-hydrogen) atoms. The van der Waals surface area contributed by atoms with E-state index in [9.17, 15) is 22.4 Å². The van der Waals surface area contributed by atoms with Crippen molar-refractivity contribution < 1.29 is 17.6 Å². The Hall–Kier alpha value is -2.16. The van der Waals surface area contributed by atoms with Gasteiger partial charge in [0.2, 0.25) is 0 Å². The van der Waals surface area contributed by atoms with Crippen LogP contribution in [0, 0.1) is 11.2 Å². The summed E-state index contributed by atoms with van der Waals surface area (Å²) < 4.78 is 53.5. The molecular formula is C16H16F4N4O. The van der Waals surface area contributed by atoms with Crippen LogP contribution in [-0.4, -0.2) is 28.7 Å². The molecule has 9 heteroatoms. The number of fused-ring (bicyclic) bond motifs is 1. The van der Waals surface area contributed by atoms with Crippen LogP contribution in [0.4, 0.5) is 23.4 Å². The predicted octanol–water partition coefficient (Wildman–Crippen LogP) is 2.39. The summed E-state index contributed by atoms with van der Waals surface area (Å²) in [6.07, 6.45) is -0.540. The quantitative estimate of drug-likeness (QED) is 0.840. The maximum Gasteiger partial charge on any atom is 0.407 e. The molecule has 4 rings (SSSR count). The molecule has 2 aliphatic rings. The molecule has 1 aliphatic carbocycles. The van der Waals surface area contributed by atoms with E-state index in [0.29, 0.717) is 11.9 Å². The Balaban J connectivity index is 1.81. The first-order valence-corrected chi connectivity index (χ1v) is 7.99. The third kappa shape index (κ3) is 2.57. The van der Waals surface area contributed by atoms with Gasteiger partial charge in [0.25, 0.3) is 5.56 Å². The van der Waals surface area contributed by atoms with Gasteiger partial charge in [0.1, 0.15) is 23.3 Å². The zero-order valence-corrected chi connectivity index (χ0v) is 13.2. The van der Waals surface area contributed by atoms with E-state index in [4.69, 9.17) is 5.73 Å². The highest BCUT2D eigenvalue weighted by Crippen LogP contribution is 2.49. The molecule has 5 nitrogen and oxygen atoms in total. The van der Waals surface area contributed by atoms with Crippen LogP contribution in [0.5, 0.6) is 0 Å². The highest BCUT2D eigenvalue weighted by Gasteiger charge is 2.48. The number of pyridine rings is 1. The van der Waals surface area contributed by atoms with Crippen LogP contribution >= 0.6 is 0 Å². The van der Waals surface area contributed by atoms with Gasteiger partial charge in [-0.25, -0.2) is 9.37 Å². The summed E-state index contributed by atoms with van der Waals surface area (Å²) in [5, 5.41) is 0. The molecule has 2 N–H and O–H groups in total. The number of halogens is 4. The van der Waals surface area contributed by atoms with Gasteiger partial charge in [0, 0.05) is 36.3 Å². The van der Waals surface area contributed by atoms with Crippen LogP contribution < -0.4 is 16.2 Å². The maximum absolute atomic E-state index is 13.7. The fourth-order valence-electron chi connectivity index (χ4n) is 3.67. The number of aromatic nitrogens is 2. The molecule has 2 fully saturated rings. The van der Waals surface area contributed by atoms with Crippen molar-refractivity contribution in [1.29, 1.82) is 0 Å². The number of hydrogen-bond acceptors (Lipinski definition) is 4. The van der Waals surface area contributed by atoms with Crippen LogP contribution in [0.3, 0.4) is 0 Å². The number of rotatable bonds is 2. The molecule has 2 aromatic rings. The number of anilines is 1. The van der Waals surface area contributed by atoms with Gasteiger partial charge in [-0.15, -0.1) is 0 Å². The molecule has 1 atom stereocenters. The van der Waals surface area contributed by atoms with Crippen LogP contribution in [0.2, 0.25) is 0 Å². The maximum atomic E-state index is 13.7. The first kappa shape index (κ1) is 16.3. The van der Waals surface area contributed by atoms with E-state index >= 15 is 0 Å². The van der Waals surface area contributed by atoms with Gasteiger partial charge in [-0.05, 0) is 18.9 Å². The Morgan fingerprint density at radius 3 is 2.48 bits per heavy atom. The fourth-order valence-corrected chi connectivity index (χ4v) is 3.67. The monoisotopic (exact) mass is 356 g/mol. The van der Waals surface area contributed by atoms with Crippen molar-refractivity contribution >= 4 is 11.5 Å². The van der Waals surface area contributed by atoms with Crippen molar-refractivity contribution in [2.24, 2.45) is 11.1 Å². The average molecular weight is 356 g/mol. The molecular weight excluding hydrogens is 340 g/mol. The number of nitrogens with zero attached hydrogens (tertiary/aromatic N) is 3. The molecule has 1 saturated heterocycles. The molecule has 2 aromatic heterocycles. The Morgan fingerprint density at radius 2 is 1.92 bits per heavy atom. The minimum atomic E-state index is -4.77.